The average Bonchev–Trinajstić information content (AvgIpc) is 3.22. The van der Waals surface area contributed by atoms with Gasteiger partial charge in [-0.05, 0) is 37.0 Å². The van der Waals surface area contributed by atoms with Crippen molar-refractivity contribution in [2.75, 3.05) is 42.2 Å². The van der Waals surface area contributed by atoms with Gasteiger partial charge < -0.3 is 28.4 Å². The van der Waals surface area contributed by atoms with Crippen molar-refractivity contribution in [3.63, 3.8) is 0 Å². The van der Waals surface area contributed by atoms with Crippen LogP contribution >= 0.6 is 0 Å². The van der Waals surface area contributed by atoms with E-state index in [-0.39, 0.29) is 30.3 Å². The fourth-order valence-corrected chi connectivity index (χ4v) is 4.73. The minimum absolute atomic E-state index is 0.0238. The lowest BCUT2D eigenvalue weighted by molar-refractivity contribution is -0.171. The van der Waals surface area contributed by atoms with Crippen LogP contribution in [0.15, 0.2) is 24.8 Å². The van der Waals surface area contributed by atoms with E-state index in [4.69, 9.17) is 28.4 Å². The van der Waals surface area contributed by atoms with Gasteiger partial charge >= 0.3 is 17.9 Å². The molecule has 10 heteroatoms. The highest BCUT2D eigenvalue weighted by Crippen LogP contribution is 2.59. The molecule has 0 radical (unpaired) electrons. The lowest BCUT2D eigenvalue weighted by atomic mass is 9.70. The number of ketones is 1. The van der Waals surface area contributed by atoms with Crippen molar-refractivity contribution in [2.24, 2.45) is 17.3 Å². The maximum Gasteiger partial charge on any atom is 0.374 e. The first-order valence-corrected chi connectivity index (χ1v) is 10.5. The molecule has 1 aliphatic carbocycles. The number of hydrogen-bond donors (Lipinski definition) is 0. The summed E-state index contributed by atoms with van der Waals surface area (Å²) in [6.07, 6.45) is 1.26. The van der Waals surface area contributed by atoms with Gasteiger partial charge in [0.15, 0.2) is 16.9 Å². The molecule has 10 nitrogen and oxygen atoms in total. The molecule has 0 bridgehead atoms. The molecule has 1 fully saturated rings. The lowest BCUT2D eigenvalue weighted by Crippen LogP contribution is -2.45. The highest BCUT2D eigenvalue weighted by molar-refractivity contribution is 6.35. The van der Waals surface area contributed by atoms with E-state index in [1.54, 1.807) is 6.92 Å². The summed E-state index contributed by atoms with van der Waals surface area (Å²) in [6.45, 7) is 5.30. The van der Waals surface area contributed by atoms with Crippen LogP contribution in [0.3, 0.4) is 0 Å². The van der Waals surface area contributed by atoms with Crippen LogP contribution in [0.2, 0.25) is 0 Å². The smallest absolute Gasteiger partial charge is 0.374 e. The summed E-state index contributed by atoms with van der Waals surface area (Å²) in [7, 11) is 6.48. The Balaban J connectivity index is 2.93. The predicted molar refractivity (Wildman–Crippen MR) is 119 cm³/mol. The minimum Gasteiger partial charge on any atom is -0.493 e. The maximum absolute atomic E-state index is 13.3. The maximum atomic E-state index is 13.3. The molecule has 2 rings (SSSR count). The first-order valence-electron chi connectivity index (χ1n) is 10.5. The summed E-state index contributed by atoms with van der Waals surface area (Å²) in [5.41, 5.74) is -1.66. The summed E-state index contributed by atoms with van der Waals surface area (Å²) >= 11 is 0. The van der Waals surface area contributed by atoms with Gasteiger partial charge in [-0.3, -0.25) is 14.4 Å². The number of rotatable bonds is 10. The fraction of sp³-hybridized carbons (Fsp3) is 0.500. The van der Waals surface area contributed by atoms with Crippen LogP contribution in [0.25, 0.3) is 0 Å². The first kappa shape index (κ1) is 26.7. The molecular weight excluding hydrogens is 448 g/mol. The molecule has 1 aromatic rings. The van der Waals surface area contributed by atoms with Crippen molar-refractivity contribution in [1.82, 2.24) is 0 Å². The Hall–Kier alpha value is -3.56. The van der Waals surface area contributed by atoms with E-state index in [0.717, 1.165) is 14.2 Å². The number of esters is 3. The monoisotopic (exact) mass is 478 g/mol. The number of allylic oxidation sites excluding steroid dienone is 1. The van der Waals surface area contributed by atoms with Crippen LogP contribution < -0.4 is 14.2 Å². The third-order valence-electron chi connectivity index (χ3n) is 6.14. The van der Waals surface area contributed by atoms with E-state index in [0.29, 0.717) is 5.56 Å². The van der Waals surface area contributed by atoms with Gasteiger partial charge in [0, 0.05) is 11.8 Å². The van der Waals surface area contributed by atoms with Crippen molar-refractivity contribution in [2.45, 2.75) is 19.3 Å². The topological polar surface area (TPSA) is 124 Å². The molecular formula is C24H30O10. The molecule has 0 amide bonds. The molecule has 0 aromatic heterocycles. The van der Waals surface area contributed by atoms with Gasteiger partial charge in [-0.15, -0.1) is 6.58 Å². The minimum atomic E-state index is -1.96. The number of Topliss-reactive ketones (excluding diaryl/α,β-unsaturated/α-hetero) is 1. The second-order valence-corrected chi connectivity index (χ2v) is 7.61. The predicted octanol–water partition coefficient (Wildman–Crippen LogP) is 2.08. The summed E-state index contributed by atoms with van der Waals surface area (Å²) in [6, 6.07) is 3.03. The van der Waals surface area contributed by atoms with Gasteiger partial charge in [-0.2, -0.15) is 0 Å². The molecule has 0 heterocycles. The second-order valence-electron chi connectivity index (χ2n) is 7.61. The number of carbonyl (C=O) groups excluding carboxylic acids is 4. The molecule has 0 N–H and O–H groups in total. The number of methoxy groups -OCH3 is 5. The molecule has 0 saturated heterocycles. The van der Waals surface area contributed by atoms with E-state index in [1.807, 2.05) is 0 Å². The van der Waals surface area contributed by atoms with E-state index >= 15 is 0 Å². The van der Waals surface area contributed by atoms with Crippen LogP contribution in [-0.2, 0) is 33.4 Å². The molecule has 3 atom stereocenters. The van der Waals surface area contributed by atoms with Crippen molar-refractivity contribution in [3.05, 3.63) is 30.4 Å². The van der Waals surface area contributed by atoms with E-state index in [2.05, 4.69) is 6.58 Å². The lowest BCUT2D eigenvalue weighted by Gasteiger charge is -2.32. The SMILES string of the molecule is C=C[C@H]1CC(C(=O)OC)(C(=O)OC)[C@H](c2cc(OC)c(OC)c(OC)c2)[C@H]1C(=O)C(=O)OCC. The summed E-state index contributed by atoms with van der Waals surface area (Å²) in [4.78, 5) is 52.2. The van der Waals surface area contributed by atoms with E-state index in [9.17, 15) is 19.2 Å². The van der Waals surface area contributed by atoms with Crippen LogP contribution in [0, 0.1) is 17.3 Å². The molecule has 34 heavy (non-hydrogen) atoms. The van der Waals surface area contributed by atoms with Crippen LogP contribution in [0.5, 0.6) is 17.2 Å². The van der Waals surface area contributed by atoms with Crippen molar-refractivity contribution in [1.29, 1.82) is 0 Å². The van der Waals surface area contributed by atoms with Gasteiger partial charge in [-0.1, -0.05) is 6.08 Å². The van der Waals surface area contributed by atoms with E-state index in [1.165, 1.54) is 39.5 Å². The quantitative estimate of drug-likeness (QED) is 0.162. The Kier molecular flexibility index (Phi) is 8.67. The Bertz CT molecular complexity index is 925. The first-order chi connectivity index (χ1) is 16.2. The zero-order chi connectivity index (χ0) is 25.6. The zero-order valence-electron chi connectivity index (χ0n) is 20.2. The van der Waals surface area contributed by atoms with Gasteiger partial charge in [0.25, 0.3) is 0 Å². The summed E-state index contributed by atoms with van der Waals surface area (Å²) in [5.74, 6) is -6.22. The Morgan fingerprint density at radius 3 is 1.88 bits per heavy atom. The van der Waals surface area contributed by atoms with Crippen molar-refractivity contribution < 1.29 is 47.6 Å². The number of carbonyl (C=O) groups is 4. The summed E-state index contributed by atoms with van der Waals surface area (Å²) < 4.78 is 31.2. The fourth-order valence-electron chi connectivity index (χ4n) is 4.73. The van der Waals surface area contributed by atoms with Crippen LogP contribution in [0.1, 0.15) is 24.8 Å². The highest BCUT2D eigenvalue weighted by Gasteiger charge is 2.66. The van der Waals surface area contributed by atoms with Gasteiger partial charge in [0.1, 0.15) is 0 Å². The highest BCUT2D eigenvalue weighted by atomic mass is 16.6. The van der Waals surface area contributed by atoms with Gasteiger partial charge in [0.05, 0.1) is 42.2 Å². The Labute approximate surface area is 198 Å². The number of benzene rings is 1. The van der Waals surface area contributed by atoms with Crippen LogP contribution in [-0.4, -0.2) is 65.8 Å². The third kappa shape index (κ3) is 4.32. The Morgan fingerprint density at radius 1 is 0.971 bits per heavy atom. The molecule has 1 saturated carbocycles. The second kappa shape index (κ2) is 11.0. The normalized spacial score (nSPS) is 20.6. The zero-order valence-corrected chi connectivity index (χ0v) is 20.2. The van der Waals surface area contributed by atoms with Crippen LogP contribution in [0.4, 0.5) is 0 Å². The van der Waals surface area contributed by atoms with E-state index < -0.39 is 46.9 Å². The standard InChI is InChI=1S/C24H30O10/c1-8-13-12-24(22(27)32-6,23(28)33-7)18(17(13)19(25)21(26)34-9-2)14-10-15(29-3)20(31-5)16(11-14)30-4/h8,10-11,13,17-18H,1,9,12H2,2-7H3/t13-,17-,18+/m0/s1. The largest absolute Gasteiger partial charge is 0.493 e. The van der Waals surface area contributed by atoms with Crippen molar-refractivity contribution >= 4 is 23.7 Å². The molecule has 0 aliphatic heterocycles. The molecule has 0 spiro atoms. The molecule has 1 aromatic carbocycles. The Morgan fingerprint density at radius 2 is 1.50 bits per heavy atom. The van der Waals surface area contributed by atoms with Crippen molar-refractivity contribution in [3.8, 4) is 17.2 Å². The van der Waals surface area contributed by atoms with Gasteiger partial charge in [0.2, 0.25) is 11.5 Å². The number of ether oxygens (including phenoxy) is 6. The summed E-state index contributed by atoms with van der Waals surface area (Å²) in [5, 5.41) is 0. The third-order valence-corrected chi connectivity index (χ3v) is 6.14. The average molecular weight is 478 g/mol. The molecule has 0 unspecified atom stereocenters. The molecule has 1 aliphatic rings. The van der Waals surface area contributed by atoms with Gasteiger partial charge in [-0.25, -0.2) is 4.79 Å². The number of hydrogen-bond acceptors (Lipinski definition) is 10. The molecule has 186 valence electrons.